The third-order valence-electron chi connectivity index (χ3n) is 4.51. The average molecular weight is 337 g/mol. The van der Waals surface area contributed by atoms with Crippen LogP contribution in [-0.4, -0.2) is 24.1 Å². The van der Waals surface area contributed by atoms with Crippen molar-refractivity contribution in [3.8, 4) is 5.75 Å². The molecule has 1 amide bonds. The molecule has 0 bridgehead atoms. The SMILES string of the molecule is COc1ccc(C(NC(=O)CC2CCCCCC2)C(=O)O)cc1F. The number of carboxylic acid groups (broad SMARTS) is 1. The van der Waals surface area contributed by atoms with E-state index < -0.39 is 17.8 Å². The Bertz CT molecular complexity index is 582. The predicted octanol–water partition coefficient (Wildman–Crippen LogP) is 3.44. The lowest BCUT2D eigenvalue weighted by Crippen LogP contribution is -2.34. The van der Waals surface area contributed by atoms with Gasteiger partial charge in [0, 0.05) is 6.42 Å². The molecule has 1 aliphatic carbocycles. The number of carboxylic acids is 1. The monoisotopic (exact) mass is 337 g/mol. The minimum absolute atomic E-state index is 0.0349. The Morgan fingerprint density at radius 1 is 1.29 bits per heavy atom. The van der Waals surface area contributed by atoms with Crippen molar-refractivity contribution in [2.24, 2.45) is 5.92 Å². The minimum Gasteiger partial charge on any atom is -0.494 e. The Hall–Kier alpha value is -2.11. The molecule has 5 nitrogen and oxygen atoms in total. The second kappa shape index (κ2) is 8.66. The molecule has 132 valence electrons. The molecule has 1 unspecified atom stereocenters. The molecule has 0 radical (unpaired) electrons. The van der Waals surface area contributed by atoms with E-state index in [9.17, 15) is 19.1 Å². The lowest BCUT2D eigenvalue weighted by atomic mass is 9.96. The van der Waals surface area contributed by atoms with Crippen LogP contribution in [0.4, 0.5) is 4.39 Å². The molecule has 0 spiro atoms. The number of nitrogens with one attached hydrogen (secondary N) is 1. The van der Waals surface area contributed by atoms with Gasteiger partial charge in [-0.25, -0.2) is 9.18 Å². The Balaban J connectivity index is 2.03. The van der Waals surface area contributed by atoms with Crippen LogP contribution in [0.3, 0.4) is 0 Å². The van der Waals surface area contributed by atoms with Gasteiger partial charge >= 0.3 is 5.97 Å². The second-order valence-corrected chi connectivity index (χ2v) is 6.29. The van der Waals surface area contributed by atoms with Crippen LogP contribution < -0.4 is 10.1 Å². The van der Waals surface area contributed by atoms with Gasteiger partial charge < -0.3 is 15.2 Å². The van der Waals surface area contributed by atoms with Gasteiger partial charge in [-0.15, -0.1) is 0 Å². The van der Waals surface area contributed by atoms with Gasteiger partial charge in [0.15, 0.2) is 17.6 Å². The number of amides is 1. The molecular weight excluding hydrogens is 313 g/mol. The molecule has 1 aromatic rings. The van der Waals surface area contributed by atoms with Crippen molar-refractivity contribution in [3.05, 3.63) is 29.6 Å². The number of carbonyl (C=O) groups is 2. The molecule has 1 saturated carbocycles. The zero-order valence-corrected chi connectivity index (χ0v) is 13.9. The zero-order chi connectivity index (χ0) is 17.5. The topological polar surface area (TPSA) is 75.6 Å². The Morgan fingerprint density at radius 3 is 2.50 bits per heavy atom. The quantitative estimate of drug-likeness (QED) is 0.780. The predicted molar refractivity (Wildman–Crippen MR) is 87.3 cm³/mol. The standard InChI is InChI=1S/C18H24FNO4/c1-24-15-9-8-13(11-14(15)19)17(18(22)23)20-16(21)10-12-6-4-2-3-5-7-12/h8-9,11-12,17H,2-7,10H2,1H3,(H,20,21)(H,22,23). The third-order valence-corrected chi connectivity index (χ3v) is 4.51. The molecule has 1 fully saturated rings. The van der Waals surface area contributed by atoms with E-state index in [2.05, 4.69) is 5.32 Å². The Kier molecular flexibility index (Phi) is 6.58. The summed E-state index contributed by atoms with van der Waals surface area (Å²) in [6, 6.07) is 2.64. The maximum absolute atomic E-state index is 13.8. The normalized spacial score (nSPS) is 16.9. The van der Waals surface area contributed by atoms with Crippen molar-refractivity contribution in [3.63, 3.8) is 0 Å². The van der Waals surface area contributed by atoms with Crippen LogP contribution in [0, 0.1) is 11.7 Å². The minimum atomic E-state index is -1.26. The van der Waals surface area contributed by atoms with Gasteiger partial charge in [0.25, 0.3) is 0 Å². The Labute approximate surface area is 141 Å². The summed E-state index contributed by atoms with van der Waals surface area (Å²) in [5.74, 6) is -1.83. The largest absolute Gasteiger partial charge is 0.494 e. The Morgan fingerprint density at radius 2 is 1.96 bits per heavy atom. The number of methoxy groups -OCH3 is 1. The van der Waals surface area contributed by atoms with E-state index in [1.807, 2.05) is 0 Å². The van der Waals surface area contributed by atoms with Crippen LogP contribution in [0.15, 0.2) is 18.2 Å². The summed E-state index contributed by atoms with van der Waals surface area (Å²) in [5, 5.41) is 11.9. The number of aliphatic carboxylic acids is 1. The van der Waals surface area contributed by atoms with Gasteiger partial charge in [0.2, 0.25) is 5.91 Å². The molecule has 0 saturated heterocycles. The molecular formula is C18H24FNO4. The van der Waals surface area contributed by atoms with Crippen LogP contribution in [0.1, 0.15) is 56.6 Å². The lowest BCUT2D eigenvalue weighted by Gasteiger charge is -2.18. The summed E-state index contributed by atoms with van der Waals surface area (Å²) in [6.45, 7) is 0. The summed E-state index contributed by atoms with van der Waals surface area (Å²) in [6.07, 6.45) is 6.95. The van der Waals surface area contributed by atoms with E-state index in [4.69, 9.17) is 4.74 Å². The van der Waals surface area contributed by atoms with Gasteiger partial charge in [-0.1, -0.05) is 31.7 Å². The molecule has 0 aromatic heterocycles. The number of benzene rings is 1. The summed E-state index contributed by atoms with van der Waals surface area (Å²) >= 11 is 0. The number of hydrogen-bond donors (Lipinski definition) is 2. The first-order valence-electron chi connectivity index (χ1n) is 8.37. The van der Waals surface area contributed by atoms with Crippen LogP contribution in [-0.2, 0) is 9.59 Å². The van der Waals surface area contributed by atoms with Crippen LogP contribution in [0.25, 0.3) is 0 Å². The maximum Gasteiger partial charge on any atom is 0.330 e. The van der Waals surface area contributed by atoms with Crippen molar-refractivity contribution in [2.75, 3.05) is 7.11 Å². The van der Waals surface area contributed by atoms with Crippen molar-refractivity contribution in [1.82, 2.24) is 5.32 Å². The fourth-order valence-corrected chi connectivity index (χ4v) is 3.20. The summed E-state index contributed by atoms with van der Waals surface area (Å²) < 4.78 is 18.6. The van der Waals surface area contributed by atoms with E-state index >= 15 is 0 Å². The number of hydrogen-bond acceptors (Lipinski definition) is 3. The first kappa shape index (κ1) is 18.2. The summed E-state index contributed by atoms with van der Waals surface area (Å²) in [7, 11) is 1.33. The molecule has 0 heterocycles. The van der Waals surface area contributed by atoms with Crippen molar-refractivity contribution in [2.45, 2.75) is 51.0 Å². The highest BCUT2D eigenvalue weighted by molar-refractivity contribution is 5.84. The molecule has 6 heteroatoms. The number of halogens is 1. The molecule has 2 rings (SSSR count). The smallest absolute Gasteiger partial charge is 0.330 e. The summed E-state index contributed by atoms with van der Waals surface area (Å²) in [5.41, 5.74) is 0.190. The van der Waals surface area contributed by atoms with Gasteiger partial charge in [-0.05, 0) is 36.5 Å². The number of carbonyl (C=O) groups excluding carboxylic acids is 1. The van der Waals surface area contributed by atoms with Gasteiger partial charge in [0.05, 0.1) is 7.11 Å². The third kappa shape index (κ3) is 4.94. The molecule has 2 N–H and O–H groups in total. The van der Waals surface area contributed by atoms with E-state index in [1.165, 1.54) is 32.1 Å². The first-order chi connectivity index (χ1) is 11.5. The molecule has 1 aromatic carbocycles. The van der Waals surface area contributed by atoms with Crippen LogP contribution >= 0.6 is 0 Å². The highest BCUT2D eigenvalue weighted by Gasteiger charge is 2.25. The second-order valence-electron chi connectivity index (χ2n) is 6.29. The van der Waals surface area contributed by atoms with Crippen molar-refractivity contribution in [1.29, 1.82) is 0 Å². The number of ether oxygens (including phenoxy) is 1. The average Bonchev–Trinajstić information content (AvgIpc) is 2.81. The van der Waals surface area contributed by atoms with E-state index in [1.54, 1.807) is 0 Å². The maximum atomic E-state index is 13.8. The van der Waals surface area contributed by atoms with Crippen molar-refractivity contribution >= 4 is 11.9 Å². The fraction of sp³-hybridized carbons (Fsp3) is 0.556. The van der Waals surface area contributed by atoms with Gasteiger partial charge in [0.1, 0.15) is 0 Å². The highest BCUT2D eigenvalue weighted by Crippen LogP contribution is 2.26. The zero-order valence-electron chi connectivity index (χ0n) is 13.9. The van der Waals surface area contributed by atoms with Crippen LogP contribution in [0.2, 0.25) is 0 Å². The van der Waals surface area contributed by atoms with E-state index in [-0.39, 0.29) is 17.2 Å². The number of rotatable bonds is 6. The molecule has 24 heavy (non-hydrogen) atoms. The summed E-state index contributed by atoms with van der Waals surface area (Å²) in [4.78, 5) is 23.7. The molecule has 0 aliphatic heterocycles. The van der Waals surface area contributed by atoms with Gasteiger partial charge in [-0.2, -0.15) is 0 Å². The van der Waals surface area contributed by atoms with Crippen LogP contribution in [0.5, 0.6) is 5.75 Å². The molecule has 1 aliphatic rings. The fourth-order valence-electron chi connectivity index (χ4n) is 3.20. The first-order valence-corrected chi connectivity index (χ1v) is 8.37. The van der Waals surface area contributed by atoms with E-state index in [0.29, 0.717) is 12.3 Å². The van der Waals surface area contributed by atoms with E-state index in [0.717, 1.165) is 31.7 Å². The highest BCUT2D eigenvalue weighted by atomic mass is 19.1. The lowest BCUT2D eigenvalue weighted by molar-refractivity contribution is -0.142. The van der Waals surface area contributed by atoms with Gasteiger partial charge in [-0.3, -0.25) is 4.79 Å². The molecule has 1 atom stereocenters. The van der Waals surface area contributed by atoms with Crippen molar-refractivity contribution < 1.29 is 23.8 Å².